The van der Waals surface area contributed by atoms with Crippen molar-refractivity contribution in [3.05, 3.63) is 41.9 Å². The fraction of sp³-hybridized carbons (Fsp3) is 0.438. The molecule has 2 rings (SSSR count). The summed E-state index contributed by atoms with van der Waals surface area (Å²) in [5.74, 6) is 1.36. The van der Waals surface area contributed by atoms with Gasteiger partial charge >= 0.3 is 0 Å². The molecule has 1 aromatic carbocycles. The van der Waals surface area contributed by atoms with E-state index in [2.05, 4.69) is 49.6 Å². The zero-order valence-corrected chi connectivity index (χ0v) is 13.2. The van der Waals surface area contributed by atoms with Crippen molar-refractivity contribution < 1.29 is 5.11 Å². The van der Waals surface area contributed by atoms with Crippen molar-refractivity contribution >= 4 is 11.8 Å². The highest BCUT2D eigenvalue weighted by atomic mass is 32.2. The van der Waals surface area contributed by atoms with Gasteiger partial charge in [-0.05, 0) is 25.0 Å². The molecule has 0 saturated carbocycles. The van der Waals surface area contributed by atoms with Crippen LogP contribution in [0.1, 0.15) is 38.2 Å². The largest absolute Gasteiger partial charge is 0.396 e. The van der Waals surface area contributed by atoms with Crippen LogP contribution in [0.4, 0.5) is 0 Å². The monoisotopic (exact) mass is 290 g/mol. The van der Waals surface area contributed by atoms with Crippen LogP contribution in [0.2, 0.25) is 0 Å². The Morgan fingerprint density at radius 1 is 1.25 bits per heavy atom. The number of rotatable bonds is 6. The van der Waals surface area contributed by atoms with Crippen LogP contribution in [0.25, 0.3) is 0 Å². The van der Waals surface area contributed by atoms with E-state index in [1.54, 1.807) is 11.8 Å². The van der Waals surface area contributed by atoms with Crippen molar-refractivity contribution in [2.45, 2.75) is 49.6 Å². The summed E-state index contributed by atoms with van der Waals surface area (Å²) in [5.41, 5.74) is 1.13. The maximum absolute atomic E-state index is 9.21. The van der Waals surface area contributed by atoms with Gasteiger partial charge in [-0.15, -0.1) is 0 Å². The predicted molar refractivity (Wildman–Crippen MR) is 83.3 cm³/mol. The van der Waals surface area contributed by atoms with Gasteiger partial charge in [0.1, 0.15) is 10.9 Å². The minimum Gasteiger partial charge on any atom is -0.396 e. The maximum Gasteiger partial charge on any atom is 0.112 e. The van der Waals surface area contributed by atoms with Crippen LogP contribution in [0.15, 0.2) is 40.3 Å². The molecule has 0 spiro atoms. The first kappa shape index (κ1) is 15.1. The second-order valence-electron chi connectivity index (χ2n) is 5.01. The summed E-state index contributed by atoms with van der Waals surface area (Å²) in [7, 11) is 0. The number of aliphatic hydroxyl groups is 1. The molecule has 0 fully saturated rings. The summed E-state index contributed by atoms with van der Waals surface area (Å²) in [6.45, 7) is 7.48. The summed E-state index contributed by atoms with van der Waals surface area (Å²) in [5, 5.41) is 10.4. The molecule has 0 radical (unpaired) electrons. The van der Waals surface area contributed by atoms with E-state index in [9.17, 15) is 5.11 Å². The molecule has 1 N–H and O–H groups in total. The Morgan fingerprint density at radius 3 is 2.50 bits per heavy atom. The Balaban J connectivity index is 2.43. The average molecular weight is 290 g/mol. The summed E-state index contributed by atoms with van der Waals surface area (Å²) >= 11 is 1.76. The van der Waals surface area contributed by atoms with Crippen molar-refractivity contribution in [3.8, 4) is 0 Å². The lowest BCUT2D eigenvalue weighted by Gasteiger charge is -2.11. The van der Waals surface area contributed by atoms with Gasteiger partial charge in [0.15, 0.2) is 0 Å². The average Bonchev–Trinajstić information content (AvgIpc) is 2.78. The minimum absolute atomic E-state index is 0.143. The number of imidazole rings is 1. The summed E-state index contributed by atoms with van der Waals surface area (Å²) in [6, 6.07) is 10.4. The first-order valence-corrected chi connectivity index (χ1v) is 7.92. The lowest BCUT2D eigenvalue weighted by atomic mass is 10.1. The molecule has 3 nitrogen and oxygen atoms in total. The molecule has 0 saturated heterocycles. The highest BCUT2D eigenvalue weighted by Crippen LogP contribution is 2.34. The molecule has 0 aliphatic rings. The molecule has 0 atom stereocenters. The summed E-state index contributed by atoms with van der Waals surface area (Å²) in [4.78, 5) is 5.97. The zero-order chi connectivity index (χ0) is 14.5. The standard InChI is InChI=1S/C16H22N2OS/c1-4-18-14(10-11-19)17-15(12(2)3)16(18)20-13-8-6-5-7-9-13/h5-9,12,19H,4,10-11H2,1-3H3. The Kier molecular flexibility index (Phi) is 5.26. The lowest BCUT2D eigenvalue weighted by molar-refractivity contribution is 0.294. The highest BCUT2D eigenvalue weighted by molar-refractivity contribution is 7.99. The van der Waals surface area contributed by atoms with E-state index in [4.69, 9.17) is 4.98 Å². The molecule has 0 amide bonds. The number of hydrogen-bond donors (Lipinski definition) is 1. The van der Waals surface area contributed by atoms with Gasteiger partial charge in [0.2, 0.25) is 0 Å². The number of aromatic nitrogens is 2. The lowest BCUT2D eigenvalue weighted by Crippen LogP contribution is -2.05. The van der Waals surface area contributed by atoms with Crippen molar-refractivity contribution in [1.29, 1.82) is 0 Å². The van der Waals surface area contributed by atoms with Gasteiger partial charge in [0.25, 0.3) is 0 Å². The zero-order valence-electron chi connectivity index (χ0n) is 12.3. The number of aliphatic hydroxyl groups excluding tert-OH is 1. The molecule has 0 unspecified atom stereocenters. The van der Waals surface area contributed by atoms with Crippen LogP contribution in [-0.4, -0.2) is 21.3 Å². The van der Waals surface area contributed by atoms with Gasteiger partial charge in [0, 0.05) is 17.9 Å². The van der Waals surface area contributed by atoms with E-state index in [1.807, 2.05) is 6.07 Å². The number of hydrogen-bond acceptors (Lipinski definition) is 3. The highest BCUT2D eigenvalue weighted by Gasteiger charge is 2.19. The number of nitrogens with zero attached hydrogens (tertiary/aromatic N) is 2. The second kappa shape index (κ2) is 6.95. The van der Waals surface area contributed by atoms with E-state index in [0.717, 1.165) is 18.1 Å². The molecular weight excluding hydrogens is 268 g/mol. The SMILES string of the molecule is CCn1c(CCO)nc(C(C)C)c1Sc1ccccc1. The van der Waals surface area contributed by atoms with Gasteiger partial charge in [0.05, 0.1) is 12.3 Å². The third-order valence-electron chi connectivity index (χ3n) is 3.18. The molecule has 2 aromatic rings. The fourth-order valence-corrected chi connectivity index (χ4v) is 3.45. The topological polar surface area (TPSA) is 38.0 Å². The molecule has 0 aliphatic heterocycles. The second-order valence-corrected chi connectivity index (χ2v) is 6.07. The van der Waals surface area contributed by atoms with E-state index in [-0.39, 0.29) is 6.61 Å². The Hall–Kier alpha value is -1.26. The van der Waals surface area contributed by atoms with Crippen LogP contribution >= 0.6 is 11.8 Å². The molecule has 20 heavy (non-hydrogen) atoms. The molecule has 108 valence electrons. The van der Waals surface area contributed by atoms with Crippen molar-refractivity contribution in [1.82, 2.24) is 9.55 Å². The quantitative estimate of drug-likeness (QED) is 0.881. The molecular formula is C16H22N2OS. The summed E-state index contributed by atoms with van der Waals surface area (Å²) < 4.78 is 2.23. The predicted octanol–water partition coefficient (Wildman–Crippen LogP) is 3.71. The first-order chi connectivity index (χ1) is 9.67. The Bertz CT molecular complexity index is 549. The van der Waals surface area contributed by atoms with Crippen molar-refractivity contribution in [3.63, 3.8) is 0 Å². The van der Waals surface area contributed by atoms with Crippen molar-refractivity contribution in [2.24, 2.45) is 0 Å². The Labute approximate surface area is 125 Å². The van der Waals surface area contributed by atoms with Gasteiger partial charge in [-0.2, -0.15) is 0 Å². The third-order valence-corrected chi connectivity index (χ3v) is 4.31. The van der Waals surface area contributed by atoms with Gasteiger partial charge < -0.3 is 9.67 Å². The van der Waals surface area contributed by atoms with Crippen LogP contribution in [0.5, 0.6) is 0 Å². The number of benzene rings is 1. The van der Waals surface area contributed by atoms with Gasteiger partial charge in [-0.3, -0.25) is 0 Å². The molecule has 0 bridgehead atoms. The molecule has 4 heteroatoms. The van der Waals surface area contributed by atoms with Crippen LogP contribution < -0.4 is 0 Å². The minimum atomic E-state index is 0.143. The normalized spacial score (nSPS) is 11.2. The van der Waals surface area contributed by atoms with Gasteiger partial charge in [-0.1, -0.05) is 43.8 Å². The summed E-state index contributed by atoms with van der Waals surface area (Å²) in [6.07, 6.45) is 0.614. The molecule has 1 heterocycles. The first-order valence-electron chi connectivity index (χ1n) is 7.10. The van der Waals surface area contributed by atoms with E-state index < -0.39 is 0 Å². The van der Waals surface area contributed by atoms with E-state index >= 15 is 0 Å². The van der Waals surface area contributed by atoms with Crippen LogP contribution in [0, 0.1) is 0 Å². The fourth-order valence-electron chi connectivity index (χ4n) is 2.20. The van der Waals surface area contributed by atoms with Crippen LogP contribution in [-0.2, 0) is 13.0 Å². The van der Waals surface area contributed by atoms with Gasteiger partial charge in [-0.25, -0.2) is 4.98 Å². The third kappa shape index (κ3) is 3.25. The van der Waals surface area contributed by atoms with Crippen molar-refractivity contribution in [2.75, 3.05) is 6.61 Å². The van der Waals surface area contributed by atoms with E-state index in [1.165, 1.54) is 9.92 Å². The Morgan fingerprint density at radius 2 is 1.95 bits per heavy atom. The van der Waals surface area contributed by atoms with E-state index in [0.29, 0.717) is 12.3 Å². The van der Waals surface area contributed by atoms with Crippen LogP contribution in [0.3, 0.4) is 0 Å². The molecule has 0 aliphatic carbocycles. The molecule has 1 aromatic heterocycles. The maximum atomic E-state index is 9.21. The smallest absolute Gasteiger partial charge is 0.112 e.